The van der Waals surface area contributed by atoms with E-state index < -0.39 is 0 Å². The topological polar surface area (TPSA) is 32.3 Å². The number of benzene rings is 4. The van der Waals surface area contributed by atoms with Gasteiger partial charge in [-0.15, -0.1) is 0 Å². The van der Waals surface area contributed by atoms with Crippen LogP contribution in [0.15, 0.2) is 54.6 Å². The molecular formula is C20H19NO. The highest BCUT2D eigenvalue weighted by molar-refractivity contribution is 6.23. The van der Waals surface area contributed by atoms with E-state index in [9.17, 15) is 5.11 Å². The molecule has 1 atom stereocenters. The molecule has 4 aromatic carbocycles. The molecule has 0 heterocycles. The van der Waals surface area contributed by atoms with E-state index in [1.807, 2.05) is 6.92 Å². The van der Waals surface area contributed by atoms with Crippen molar-refractivity contribution in [2.75, 3.05) is 6.61 Å². The van der Waals surface area contributed by atoms with Crippen LogP contribution >= 0.6 is 0 Å². The van der Waals surface area contributed by atoms with Gasteiger partial charge in [-0.1, -0.05) is 54.6 Å². The predicted molar refractivity (Wildman–Crippen MR) is 93.5 cm³/mol. The lowest BCUT2D eigenvalue weighted by molar-refractivity contribution is 0.251. The molecule has 0 bridgehead atoms. The van der Waals surface area contributed by atoms with Crippen LogP contribution in [0.5, 0.6) is 0 Å². The Balaban J connectivity index is 1.96. The van der Waals surface area contributed by atoms with Crippen LogP contribution in [0.1, 0.15) is 12.5 Å². The molecule has 0 aliphatic heterocycles. The lowest BCUT2D eigenvalue weighted by atomic mass is 9.92. The molecule has 22 heavy (non-hydrogen) atoms. The summed E-state index contributed by atoms with van der Waals surface area (Å²) in [6.45, 7) is 2.93. The van der Waals surface area contributed by atoms with Crippen LogP contribution in [0.4, 0.5) is 0 Å². The van der Waals surface area contributed by atoms with Crippen LogP contribution < -0.4 is 5.32 Å². The summed E-state index contributed by atoms with van der Waals surface area (Å²) in [5.41, 5.74) is 1.28. The van der Waals surface area contributed by atoms with Gasteiger partial charge in [0.15, 0.2) is 0 Å². The van der Waals surface area contributed by atoms with E-state index in [2.05, 4.69) is 59.9 Å². The second-order valence-corrected chi connectivity index (χ2v) is 6.05. The number of aliphatic hydroxyl groups is 1. The van der Waals surface area contributed by atoms with Crippen LogP contribution in [-0.2, 0) is 6.54 Å². The summed E-state index contributed by atoms with van der Waals surface area (Å²) in [6.07, 6.45) is 0. The Morgan fingerprint density at radius 3 is 2.23 bits per heavy atom. The zero-order chi connectivity index (χ0) is 15.1. The predicted octanol–water partition coefficient (Wildman–Crippen LogP) is 4.05. The standard InChI is InChI=1S/C20H19NO/c1-13(12-22)21-11-17-8-7-16-6-5-14-3-2-4-15-9-10-18(17)20(16)19(14)15/h2-10,13,21-22H,11-12H2,1H3/t13-/m0/s1. The fraction of sp³-hybridized carbons (Fsp3) is 0.200. The smallest absolute Gasteiger partial charge is 0.0582 e. The van der Waals surface area contributed by atoms with E-state index in [1.54, 1.807) is 0 Å². The molecule has 110 valence electrons. The molecule has 0 unspecified atom stereocenters. The summed E-state index contributed by atoms with van der Waals surface area (Å²) in [4.78, 5) is 0. The van der Waals surface area contributed by atoms with Gasteiger partial charge in [0, 0.05) is 12.6 Å². The number of hydrogen-bond acceptors (Lipinski definition) is 2. The van der Waals surface area contributed by atoms with E-state index in [0.717, 1.165) is 6.54 Å². The SMILES string of the molecule is C[C@@H](CO)NCc1ccc2ccc3cccc4ccc1c2c34. The van der Waals surface area contributed by atoms with E-state index in [-0.39, 0.29) is 12.6 Å². The van der Waals surface area contributed by atoms with E-state index in [0.29, 0.717) is 0 Å². The summed E-state index contributed by atoms with van der Waals surface area (Å²) < 4.78 is 0. The molecule has 2 heteroatoms. The third kappa shape index (κ3) is 2.04. The van der Waals surface area contributed by atoms with Gasteiger partial charge in [0.25, 0.3) is 0 Å². The Morgan fingerprint density at radius 1 is 0.864 bits per heavy atom. The van der Waals surface area contributed by atoms with Crippen molar-refractivity contribution in [2.24, 2.45) is 0 Å². The maximum atomic E-state index is 9.19. The van der Waals surface area contributed by atoms with Crippen LogP contribution in [0, 0.1) is 0 Å². The van der Waals surface area contributed by atoms with Crippen molar-refractivity contribution in [3.05, 3.63) is 60.2 Å². The summed E-state index contributed by atoms with van der Waals surface area (Å²) >= 11 is 0. The second-order valence-electron chi connectivity index (χ2n) is 6.05. The quantitative estimate of drug-likeness (QED) is 0.555. The average Bonchev–Trinajstić information content (AvgIpc) is 2.58. The van der Waals surface area contributed by atoms with E-state index in [1.165, 1.54) is 37.9 Å². The minimum absolute atomic E-state index is 0.110. The number of aliphatic hydroxyl groups excluding tert-OH is 1. The van der Waals surface area contributed by atoms with Crippen molar-refractivity contribution in [3.63, 3.8) is 0 Å². The van der Waals surface area contributed by atoms with Crippen LogP contribution in [-0.4, -0.2) is 17.8 Å². The Kier molecular flexibility index (Phi) is 3.21. The van der Waals surface area contributed by atoms with Crippen LogP contribution in [0.3, 0.4) is 0 Å². The third-order valence-electron chi connectivity index (χ3n) is 4.53. The van der Waals surface area contributed by atoms with Gasteiger partial charge in [-0.2, -0.15) is 0 Å². The van der Waals surface area contributed by atoms with Gasteiger partial charge in [-0.3, -0.25) is 0 Å². The lowest BCUT2D eigenvalue weighted by Crippen LogP contribution is -2.28. The third-order valence-corrected chi connectivity index (χ3v) is 4.53. The monoisotopic (exact) mass is 289 g/mol. The van der Waals surface area contributed by atoms with Gasteiger partial charge in [-0.25, -0.2) is 0 Å². The van der Waals surface area contributed by atoms with E-state index in [4.69, 9.17) is 0 Å². The van der Waals surface area contributed by atoms with Gasteiger partial charge < -0.3 is 10.4 Å². The zero-order valence-corrected chi connectivity index (χ0v) is 12.6. The molecule has 4 rings (SSSR count). The van der Waals surface area contributed by atoms with E-state index >= 15 is 0 Å². The molecule has 4 aromatic rings. The highest BCUT2D eigenvalue weighted by atomic mass is 16.3. The molecule has 2 nitrogen and oxygen atoms in total. The normalized spacial score (nSPS) is 13.4. The first kappa shape index (κ1) is 13.5. The highest BCUT2D eigenvalue weighted by Gasteiger charge is 2.10. The van der Waals surface area contributed by atoms with Crippen molar-refractivity contribution in [2.45, 2.75) is 19.5 Å². The van der Waals surface area contributed by atoms with Crippen molar-refractivity contribution >= 4 is 32.3 Å². The number of hydrogen-bond donors (Lipinski definition) is 2. The molecule has 0 aliphatic carbocycles. The van der Waals surface area contributed by atoms with Gasteiger partial charge in [0.2, 0.25) is 0 Å². The van der Waals surface area contributed by atoms with Crippen molar-refractivity contribution in [1.29, 1.82) is 0 Å². The minimum atomic E-state index is 0.110. The lowest BCUT2D eigenvalue weighted by Gasteiger charge is -2.16. The van der Waals surface area contributed by atoms with Crippen LogP contribution in [0.25, 0.3) is 32.3 Å². The van der Waals surface area contributed by atoms with Crippen molar-refractivity contribution < 1.29 is 5.11 Å². The molecule has 2 N–H and O–H groups in total. The maximum Gasteiger partial charge on any atom is 0.0582 e. The number of nitrogens with one attached hydrogen (secondary N) is 1. The summed E-state index contributed by atoms with van der Waals surface area (Å²) in [6, 6.07) is 19.8. The first-order chi connectivity index (χ1) is 10.8. The molecule has 0 amide bonds. The Bertz CT molecular complexity index is 928. The average molecular weight is 289 g/mol. The molecule has 0 aromatic heterocycles. The maximum absolute atomic E-state index is 9.19. The largest absolute Gasteiger partial charge is 0.395 e. The molecule has 0 radical (unpaired) electrons. The summed E-state index contributed by atoms with van der Waals surface area (Å²) in [7, 11) is 0. The molecule has 0 saturated carbocycles. The van der Waals surface area contributed by atoms with Gasteiger partial charge in [0.1, 0.15) is 0 Å². The first-order valence-electron chi connectivity index (χ1n) is 7.77. The molecule has 0 aliphatic rings. The first-order valence-corrected chi connectivity index (χ1v) is 7.77. The second kappa shape index (κ2) is 5.24. The fourth-order valence-electron chi connectivity index (χ4n) is 3.30. The van der Waals surface area contributed by atoms with Gasteiger partial charge >= 0.3 is 0 Å². The molecular weight excluding hydrogens is 270 g/mol. The van der Waals surface area contributed by atoms with Crippen LogP contribution in [0.2, 0.25) is 0 Å². The minimum Gasteiger partial charge on any atom is -0.395 e. The van der Waals surface area contributed by atoms with Crippen molar-refractivity contribution in [3.8, 4) is 0 Å². The number of rotatable bonds is 4. The summed E-state index contributed by atoms with van der Waals surface area (Å²) in [5, 5.41) is 20.5. The van der Waals surface area contributed by atoms with Gasteiger partial charge in [-0.05, 0) is 44.8 Å². The zero-order valence-electron chi connectivity index (χ0n) is 12.6. The molecule has 0 fully saturated rings. The Morgan fingerprint density at radius 2 is 1.50 bits per heavy atom. The molecule has 0 saturated heterocycles. The Labute approximate surface area is 129 Å². The van der Waals surface area contributed by atoms with Gasteiger partial charge in [0.05, 0.1) is 6.61 Å². The Hall–Kier alpha value is -2.16. The highest BCUT2D eigenvalue weighted by Crippen LogP contribution is 2.35. The molecule has 0 spiro atoms. The summed E-state index contributed by atoms with van der Waals surface area (Å²) in [5.74, 6) is 0. The van der Waals surface area contributed by atoms with Crippen molar-refractivity contribution in [1.82, 2.24) is 5.32 Å². The fourth-order valence-corrected chi connectivity index (χ4v) is 3.30.